The van der Waals surface area contributed by atoms with E-state index in [1.54, 1.807) is 0 Å². The maximum absolute atomic E-state index is 3.93. The Morgan fingerprint density at radius 3 is 1.41 bits per heavy atom. The quantitative estimate of drug-likeness (QED) is 0.128. The van der Waals surface area contributed by atoms with E-state index in [2.05, 4.69) is 184 Å². The van der Waals surface area contributed by atoms with E-state index in [4.69, 9.17) is 0 Å². The predicted octanol–water partition coefficient (Wildman–Crippen LogP) is 15.2. The number of unbranched alkanes of at least 4 members (excludes halogenated alkanes) is 5. The summed E-state index contributed by atoms with van der Waals surface area (Å²) in [5, 5.41) is 0. The Morgan fingerprint density at radius 1 is 0.471 bits per heavy atom. The van der Waals surface area contributed by atoms with Crippen molar-refractivity contribution in [3.8, 4) is 22.3 Å². The van der Waals surface area contributed by atoms with Crippen molar-refractivity contribution in [1.82, 2.24) is 0 Å². The van der Waals surface area contributed by atoms with E-state index < -0.39 is 5.41 Å². The predicted molar refractivity (Wildman–Crippen MR) is 226 cm³/mol. The lowest BCUT2D eigenvalue weighted by Gasteiger charge is -2.35. The highest BCUT2D eigenvalue weighted by atomic mass is 79.9. The van der Waals surface area contributed by atoms with E-state index in [0.29, 0.717) is 0 Å². The first-order valence-corrected chi connectivity index (χ1v) is 20.8. The molecule has 0 aliphatic heterocycles. The van der Waals surface area contributed by atoms with Gasteiger partial charge in [-0.05, 0) is 120 Å². The molecular formula is C49H54Br2. The lowest BCUT2D eigenvalue weighted by molar-refractivity contribution is 0.480. The lowest BCUT2D eigenvalue weighted by Crippen LogP contribution is -2.29. The van der Waals surface area contributed by atoms with Crippen molar-refractivity contribution in [2.75, 3.05) is 0 Å². The Bertz CT molecular complexity index is 2010. The highest BCUT2D eigenvalue weighted by Gasteiger charge is 2.49. The number of fused-ring (bicyclic) bond motifs is 6. The highest BCUT2D eigenvalue weighted by molar-refractivity contribution is 9.10. The largest absolute Gasteiger partial charge is 0.0714 e. The summed E-state index contributed by atoms with van der Waals surface area (Å²) in [6, 6.07) is 38.4. The van der Waals surface area contributed by atoms with Crippen molar-refractivity contribution in [3.63, 3.8) is 0 Å². The zero-order valence-corrected chi connectivity index (χ0v) is 35.1. The summed E-state index contributed by atoms with van der Waals surface area (Å²) < 4.78 is 2.28. The van der Waals surface area contributed by atoms with Gasteiger partial charge < -0.3 is 0 Å². The number of benzene rings is 5. The zero-order valence-electron chi connectivity index (χ0n) is 31.9. The molecule has 0 aromatic heterocycles. The number of rotatable bonds is 9. The summed E-state index contributed by atoms with van der Waals surface area (Å²) in [4.78, 5) is 0. The molecule has 0 nitrogen and oxygen atoms in total. The minimum atomic E-state index is -0.468. The summed E-state index contributed by atoms with van der Waals surface area (Å²) >= 11 is 7.80. The fourth-order valence-electron chi connectivity index (χ4n) is 9.13. The third kappa shape index (κ3) is 6.21. The maximum atomic E-state index is 3.93. The van der Waals surface area contributed by atoms with Crippen LogP contribution in [0.15, 0.2) is 106 Å². The van der Waals surface area contributed by atoms with Crippen LogP contribution in [0.1, 0.15) is 145 Å². The third-order valence-corrected chi connectivity index (χ3v) is 13.1. The molecule has 2 heteroatoms. The van der Waals surface area contributed by atoms with Gasteiger partial charge >= 0.3 is 0 Å². The normalized spacial score (nSPS) is 17.2. The Balaban J connectivity index is 1.49. The van der Waals surface area contributed by atoms with Gasteiger partial charge in [-0.15, -0.1) is 0 Å². The molecule has 2 aliphatic carbocycles. The molecular weight excluding hydrogens is 748 g/mol. The van der Waals surface area contributed by atoms with Gasteiger partial charge in [0.1, 0.15) is 0 Å². The molecule has 1 unspecified atom stereocenters. The van der Waals surface area contributed by atoms with Crippen LogP contribution in [0.5, 0.6) is 0 Å². The van der Waals surface area contributed by atoms with E-state index in [1.165, 1.54) is 105 Å². The van der Waals surface area contributed by atoms with Crippen molar-refractivity contribution < 1.29 is 0 Å². The van der Waals surface area contributed by atoms with Gasteiger partial charge in [-0.25, -0.2) is 0 Å². The van der Waals surface area contributed by atoms with Crippen molar-refractivity contribution in [2.24, 2.45) is 0 Å². The van der Waals surface area contributed by atoms with E-state index in [1.807, 2.05) is 0 Å². The molecule has 0 amide bonds. The number of halogens is 2. The van der Waals surface area contributed by atoms with Crippen molar-refractivity contribution in [3.05, 3.63) is 151 Å². The van der Waals surface area contributed by atoms with Crippen LogP contribution in [0.25, 0.3) is 22.3 Å². The Morgan fingerprint density at radius 2 is 0.882 bits per heavy atom. The molecule has 0 saturated heterocycles. The highest BCUT2D eigenvalue weighted by Crippen LogP contribution is 2.61. The van der Waals surface area contributed by atoms with Crippen LogP contribution in [0.2, 0.25) is 0 Å². The summed E-state index contributed by atoms with van der Waals surface area (Å²) in [5.74, 6) is 0. The minimum Gasteiger partial charge on any atom is -0.0654 e. The second kappa shape index (κ2) is 13.5. The SMILES string of the molecule is CCCCCCCCC1(C)c2cc(Br)ccc2-c2cc3c(cc21)-c1ccc(Br)cc1C3(c1ccc(C(C)(C)C)cc1)c1ccc(C(C)(C)C)cc1. The topological polar surface area (TPSA) is 0 Å². The second-order valence-corrected chi connectivity index (χ2v) is 19.4. The van der Waals surface area contributed by atoms with Gasteiger partial charge in [0.15, 0.2) is 0 Å². The van der Waals surface area contributed by atoms with Crippen LogP contribution < -0.4 is 0 Å². The molecule has 5 aromatic carbocycles. The van der Waals surface area contributed by atoms with Crippen LogP contribution in [0.3, 0.4) is 0 Å². The smallest absolute Gasteiger partial charge is 0.0654 e. The average molecular weight is 803 g/mol. The molecule has 0 N–H and O–H groups in total. The zero-order chi connectivity index (χ0) is 36.3. The Hall–Kier alpha value is -2.94. The van der Waals surface area contributed by atoms with Gasteiger partial charge in [-0.2, -0.15) is 0 Å². The molecule has 2 aliphatic rings. The van der Waals surface area contributed by atoms with Crippen LogP contribution in [-0.2, 0) is 21.7 Å². The molecule has 0 bridgehead atoms. The summed E-state index contributed by atoms with van der Waals surface area (Å²) in [5.41, 5.74) is 16.2. The van der Waals surface area contributed by atoms with Crippen LogP contribution in [0, 0.1) is 0 Å². The van der Waals surface area contributed by atoms with E-state index in [0.717, 1.165) is 15.4 Å². The fraction of sp³-hybridized carbons (Fsp3) is 0.388. The molecule has 264 valence electrons. The molecule has 1 atom stereocenters. The van der Waals surface area contributed by atoms with Crippen molar-refractivity contribution in [2.45, 2.75) is 122 Å². The average Bonchev–Trinajstić information content (AvgIpc) is 3.50. The molecule has 51 heavy (non-hydrogen) atoms. The van der Waals surface area contributed by atoms with Crippen molar-refractivity contribution in [1.29, 1.82) is 0 Å². The van der Waals surface area contributed by atoms with Gasteiger partial charge in [-0.3, -0.25) is 0 Å². The van der Waals surface area contributed by atoms with Crippen LogP contribution >= 0.6 is 31.9 Å². The fourth-order valence-corrected chi connectivity index (χ4v) is 9.85. The molecule has 7 rings (SSSR count). The lowest BCUT2D eigenvalue weighted by atomic mass is 9.66. The van der Waals surface area contributed by atoms with E-state index in [-0.39, 0.29) is 16.2 Å². The number of hydrogen-bond donors (Lipinski definition) is 0. The van der Waals surface area contributed by atoms with Gasteiger partial charge in [0, 0.05) is 14.4 Å². The molecule has 0 heterocycles. The van der Waals surface area contributed by atoms with Gasteiger partial charge in [0.2, 0.25) is 0 Å². The van der Waals surface area contributed by atoms with Gasteiger partial charge in [0.25, 0.3) is 0 Å². The first-order valence-electron chi connectivity index (χ1n) is 19.2. The maximum Gasteiger partial charge on any atom is 0.0714 e. The summed E-state index contributed by atoms with van der Waals surface area (Å²) in [6.07, 6.45) is 9.02. The Labute approximate surface area is 324 Å². The minimum absolute atomic E-state index is 0.0439. The van der Waals surface area contributed by atoms with E-state index in [9.17, 15) is 0 Å². The first kappa shape index (κ1) is 36.4. The molecule has 5 aromatic rings. The summed E-state index contributed by atoms with van der Waals surface area (Å²) in [7, 11) is 0. The van der Waals surface area contributed by atoms with Gasteiger partial charge in [0.05, 0.1) is 5.41 Å². The van der Waals surface area contributed by atoms with Crippen LogP contribution in [0.4, 0.5) is 0 Å². The molecule has 0 fully saturated rings. The van der Waals surface area contributed by atoms with Crippen molar-refractivity contribution >= 4 is 31.9 Å². The monoisotopic (exact) mass is 800 g/mol. The molecule has 0 spiro atoms. The molecule has 0 saturated carbocycles. The summed E-state index contributed by atoms with van der Waals surface area (Å²) in [6.45, 7) is 18.7. The Kier molecular flexibility index (Phi) is 9.63. The van der Waals surface area contributed by atoms with Crippen LogP contribution in [-0.4, -0.2) is 0 Å². The molecule has 0 radical (unpaired) electrons. The second-order valence-electron chi connectivity index (χ2n) is 17.6. The first-order chi connectivity index (χ1) is 24.2. The third-order valence-electron chi connectivity index (χ3n) is 12.1. The number of hydrogen-bond acceptors (Lipinski definition) is 0. The van der Waals surface area contributed by atoms with E-state index >= 15 is 0 Å². The standard InChI is InChI=1S/C49H54Br2/c1-9-10-11-12-13-14-27-48(8)42-28-36(50)23-25-38(42)40-31-45-41(30-43(40)48)39-26-24-37(51)29-44(39)49(45,34-19-15-32(16-20-34)46(2,3)4)35-21-17-33(18-22-35)47(5,6)7/h15-26,28-31H,9-14,27H2,1-8H3. The van der Waals surface area contributed by atoms with Gasteiger partial charge in [-0.1, -0.05) is 186 Å².